The molecule has 86 valence electrons. The van der Waals surface area contributed by atoms with Crippen LogP contribution in [0.1, 0.15) is 18.1 Å². The summed E-state index contributed by atoms with van der Waals surface area (Å²) in [5.41, 5.74) is 5.31. The van der Waals surface area contributed by atoms with Crippen molar-refractivity contribution in [3.05, 3.63) is 35.4 Å². The van der Waals surface area contributed by atoms with Crippen LogP contribution in [0.4, 0.5) is 0 Å². The van der Waals surface area contributed by atoms with E-state index < -0.39 is 5.97 Å². The van der Waals surface area contributed by atoms with Crippen LogP contribution < -0.4 is 5.43 Å². The molecule has 0 aliphatic rings. The van der Waals surface area contributed by atoms with E-state index in [4.69, 9.17) is 5.11 Å². The number of hydrazone groups is 1. The van der Waals surface area contributed by atoms with Crippen molar-refractivity contribution in [2.45, 2.75) is 20.3 Å². The Labute approximate surface area is 95.0 Å². The third kappa shape index (κ3) is 3.73. The minimum absolute atomic E-state index is 0.0739. The number of carbonyl (C=O) groups is 1. The predicted octanol–water partition coefficient (Wildman–Crippen LogP) is 1.59. The molecule has 0 aliphatic carbocycles. The summed E-state index contributed by atoms with van der Waals surface area (Å²) in [5, 5.41) is 12.3. The van der Waals surface area contributed by atoms with E-state index in [0.29, 0.717) is 6.54 Å². The molecule has 2 N–H and O–H groups in total. The van der Waals surface area contributed by atoms with Gasteiger partial charge < -0.3 is 10.5 Å². The second-order valence-electron chi connectivity index (χ2n) is 3.59. The number of aryl methyl sites for hydroxylation is 1. The molecule has 0 aliphatic heterocycles. The molecule has 0 fully saturated rings. The Morgan fingerprint density at radius 3 is 2.75 bits per heavy atom. The molecule has 0 unspecified atom stereocenters. The normalized spacial score (nSPS) is 11.2. The van der Waals surface area contributed by atoms with Crippen LogP contribution in [0.5, 0.6) is 0 Å². The van der Waals surface area contributed by atoms with E-state index in [1.807, 2.05) is 12.1 Å². The maximum atomic E-state index is 10.4. The quantitative estimate of drug-likeness (QED) is 0.450. The monoisotopic (exact) mass is 220 g/mol. The number of nitrogens with one attached hydrogen (secondary N) is 1. The second kappa shape index (κ2) is 5.90. The highest BCUT2D eigenvalue weighted by Gasteiger charge is 2.00. The summed E-state index contributed by atoms with van der Waals surface area (Å²) in [4.78, 5) is 10.4. The molecule has 0 amide bonds. The highest BCUT2D eigenvalue weighted by atomic mass is 16.4. The van der Waals surface area contributed by atoms with Crippen LogP contribution in [-0.4, -0.2) is 23.3 Å². The maximum Gasteiger partial charge on any atom is 0.351 e. The van der Waals surface area contributed by atoms with Crippen molar-refractivity contribution in [2.24, 2.45) is 5.10 Å². The average molecular weight is 220 g/mol. The van der Waals surface area contributed by atoms with E-state index in [-0.39, 0.29) is 5.71 Å². The first kappa shape index (κ1) is 12.2. The highest BCUT2D eigenvalue weighted by Crippen LogP contribution is 2.06. The van der Waals surface area contributed by atoms with Gasteiger partial charge in [0.1, 0.15) is 5.71 Å². The maximum absolute atomic E-state index is 10.4. The van der Waals surface area contributed by atoms with Crippen LogP contribution in [0, 0.1) is 6.92 Å². The summed E-state index contributed by atoms with van der Waals surface area (Å²) in [5.74, 6) is -0.997. The van der Waals surface area contributed by atoms with Crippen LogP contribution >= 0.6 is 0 Å². The summed E-state index contributed by atoms with van der Waals surface area (Å²) in [6.07, 6.45) is 0.836. The molecular weight excluding hydrogens is 204 g/mol. The Hall–Kier alpha value is -1.84. The second-order valence-corrected chi connectivity index (χ2v) is 3.59. The molecule has 4 heteroatoms. The van der Waals surface area contributed by atoms with Crippen molar-refractivity contribution in [3.8, 4) is 0 Å². The zero-order valence-corrected chi connectivity index (χ0v) is 9.53. The van der Waals surface area contributed by atoms with Crippen molar-refractivity contribution in [3.63, 3.8) is 0 Å². The molecule has 0 saturated carbocycles. The van der Waals surface area contributed by atoms with Crippen LogP contribution in [0.25, 0.3) is 0 Å². The first-order chi connectivity index (χ1) is 7.61. The lowest BCUT2D eigenvalue weighted by molar-refractivity contribution is -0.129. The van der Waals surface area contributed by atoms with Gasteiger partial charge in [-0.05, 0) is 31.4 Å². The molecule has 0 radical (unpaired) electrons. The molecule has 0 bridgehead atoms. The van der Waals surface area contributed by atoms with Gasteiger partial charge >= 0.3 is 5.97 Å². The Balaban J connectivity index is 2.40. The lowest BCUT2D eigenvalue weighted by Crippen LogP contribution is -2.17. The molecule has 0 heterocycles. The lowest BCUT2D eigenvalue weighted by Gasteiger charge is -2.05. The molecule has 1 aromatic rings. The third-order valence-corrected chi connectivity index (χ3v) is 2.32. The Morgan fingerprint density at radius 2 is 2.12 bits per heavy atom. The fourth-order valence-corrected chi connectivity index (χ4v) is 1.30. The molecular formula is C12H16N2O2. The molecule has 0 aromatic heterocycles. The number of carboxylic acids is 1. The number of rotatable bonds is 5. The van der Waals surface area contributed by atoms with E-state index in [2.05, 4.69) is 29.6 Å². The van der Waals surface area contributed by atoms with Gasteiger partial charge in [-0.15, -0.1) is 0 Å². The average Bonchev–Trinajstić information content (AvgIpc) is 2.26. The standard InChI is InChI=1S/C12H16N2O2/c1-9-5-3-4-6-11(9)7-8-13-14-10(2)12(15)16/h3-6,13H,7-8H2,1-2H3,(H,15,16)/b14-10+. The number of carboxylic acid groups (broad SMARTS) is 1. The first-order valence-electron chi connectivity index (χ1n) is 5.16. The molecule has 1 rings (SSSR count). The van der Waals surface area contributed by atoms with Crippen molar-refractivity contribution in [2.75, 3.05) is 6.54 Å². The zero-order valence-electron chi connectivity index (χ0n) is 9.53. The van der Waals surface area contributed by atoms with Crippen LogP contribution in [0.3, 0.4) is 0 Å². The van der Waals surface area contributed by atoms with Gasteiger partial charge in [0.15, 0.2) is 0 Å². The third-order valence-electron chi connectivity index (χ3n) is 2.32. The van der Waals surface area contributed by atoms with Crippen molar-refractivity contribution in [1.29, 1.82) is 0 Å². The van der Waals surface area contributed by atoms with Crippen molar-refractivity contribution in [1.82, 2.24) is 5.43 Å². The van der Waals surface area contributed by atoms with Crippen LogP contribution in [-0.2, 0) is 11.2 Å². The van der Waals surface area contributed by atoms with E-state index in [0.717, 1.165) is 6.42 Å². The molecule has 0 saturated heterocycles. The van der Waals surface area contributed by atoms with E-state index in [1.165, 1.54) is 18.1 Å². The summed E-state index contributed by atoms with van der Waals surface area (Å²) in [6, 6.07) is 8.11. The summed E-state index contributed by atoms with van der Waals surface area (Å²) in [7, 11) is 0. The molecule has 0 spiro atoms. The van der Waals surface area contributed by atoms with Gasteiger partial charge in [0.05, 0.1) is 0 Å². The predicted molar refractivity (Wildman–Crippen MR) is 63.6 cm³/mol. The zero-order chi connectivity index (χ0) is 12.0. The molecule has 4 nitrogen and oxygen atoms in total. The van der Waals surface area contributed by atoms with Gasteiger partial charge in [-0.2, -0.15) is 5.10 Å². The fraction of sp³-hybridized carbons (Fsp3) is 0.333. The molecule has 0 atom stereocenters. The number of hydrogen-bond acceptors (Lipinski definition) is 3. The first-order valence-corrected chi connectivity index (χ1v) is 5.16. The van der Waals surface area contributed by atoms with E-state index in [1.54, 1.807) is 0 Å². The van der Waals surface area contributed by atoms with Gasteiger partial charge in [-0.1, -0.05) is 24.3 Å². The lowest BCUT2D eigenvalue weighted by atomic mass is 10.1. The Bertz CT molecular complexity index is 400. The van der Waals surface area contributed by atoms with E-state index in [9.17, 15) is 4.79 Å². The summed E-state index contributed by atoms with van der Waals surface area (Å²) in [6.45, 7) is 4.15. The van der Waals surface area contributed by atoms with Crippen molar-refractivity contribution < 1.29 is 9.90 Å². The highest BCUT2D eigenvalue weighted by molar-refractivity contribution is 6.34. The van der Waals surface area contributed by atoms with Gasteiger partial charge in [0.25, 0.3) is 0 Å². The van der Waals surface area contributed by atoms with Gasteiger partial charge in [0, 0.05) is 6.54 Å². The van der Waals surface area contributed by atoms with Crippen molar-refractivity contribution >= 4 is 11.7 Å². The number of benzene rings is 1. The van der Waals surface area contributed by atoms with Gasteiger partial charge in [0.2, 0.25) is 0 Å². The van der Waals surface area contributed by atoms with E-state index >= 15 is 0 Å². The number of aliphatic carboxylic acids is 1. The number of hydrogen-bond donors (Lipinski definition) is 2. The van der Waals surface area contributed by atoms with Gasteiger partial charge in [-0.3, -0.25) is 0 Å². The molecule has 16 heavy (non-hydrogen) atoms. The van der Waals surface area contributed by atoms with Crippen LogP contribution in [0.15, 0.2) is 29.4 Å². The van der Waals surface area contributed by atoms with Gasteiger partial charge in [-0.25, -0.2) is 4.79 Å². The smallest absolute Gasteiger partial charge is 0.351 e. The minimum atomic E-state index is -0.997. The number of nitrogens with zero attached hydrogens (tertiary/aromatic N) is 1. The topological polar surface area (TPSA) is 61.7 Å². The fourth-order valence-electron chi connectivity index (χ4n) is 1.30. The SMILES string of the molecule is C/C(=N\NCCc1ccccc1C)C(=O)O. The minimum Gasteiger partial charge on any atom is -0.477 e. The Morgan fingerprint density at radius 1 is 1.44 bits per heavy atom. The summed E-state index contributed by atoms with van der Waals surface area (Å²) >= 11 is 0. The summed E-state index contributed by atoms with van der Waals surface area (Å²) < 4.78 is 0. The Kier molecular flexibility index (Phi) is 4.51. The molecule has 1 aromatic carbocycles. The largest absolute Gasteiger partial charge is 0.477 e. The van der Waals surface area contributed by atoms with Crippen LogP contribution in [0.2, 0.25) is 0 Å².